The Morgan fingerprint density at radius 3 is 1.85 bits per heavy atom. The first-order valence-corrected chi connectivity index (χ1v) is 21.8. The molecular formula is C56H50N7OPt-3. The topological polar surface area (TPSA) is 72.2 Å². The molecule has 0 aliphatic carbocycles. The predicted molar refractivity (Wildman–Crippen MR) is 261 cm³/mol. The standard InChI is InChI=1S/C56H50N7O.Pt/c1-35-18-22-37(23-19-35)52-58-53(38-24-20-36(2)21-25-38)60-54(59-52)45-32-44-43-14-10-11-15-46(43)63(51-30-39(26-27-57-51)55(3,4)5)49(44)33-50(45)64-42-29-40(56(6,7)8)28-41(31-42)62-34-61(9)47-16-12-13-17-48(47)62;/h10-30,32,34H,1-9H3;/q-3;. The van der Waals surface area contributed by atoms with Crippen molar-refractivity contribution in [1.29, 1.82) is 0 Å². The minimum atomic E-state index is -0.208. The largest absolute Gasteiger partial charge is 0.508 e. The van der Waals surface area contributed by atoms with E-state index in [2.05, 4.69) is 223 Å². The molecule has 0 amide bonds. The van der Waals surface area contributed by atoms with Gasteiger partial charge in [-0.3, -0.25) is 0 Å². The molecule has 0 spiro atoms. The fourth-order valence-corrected chi connectivity index (χ4v) is 8.28. The Morgan fingerprint density at radius 2 is 1.20 bits per heavy atom. The van der Waals surface area contributed by atoms with Gasteiger partial charge in [0.15, 0.2) is 11.6 Å². The van der Waals surface area contributed by atoms with E-state index < -0.39 is 0 Å². The fraction of sp³-hybridized carbons (Fsp3) is 0.196. The van der Waals surface area contributed by atoms with Crippen LogP contribution in [0.15, 0.2) is 134 Å². The van der Waals surface area contributed by atoms with Crippen molar-refractivity contribution in [2.24, 2.45) is 0 Å². The maximum Gasteiger partial charge on any atom is 0.162 e. The van der Waals surface area contributed by atoms with Crippen molar-refractivity contribution >= 4 is 38.9 Å². The quantitative estimate of drug-likeness (QED) is 0.147. The van der Waals surface area contributed by atoms with E-state index >= 15 is 0 Å². The number of hydrogen-bond donors (Lipinski definition) is 0. The summed E-state index contributed by atoms with van der Waals surface area (Å²) in [5.74, 6) is 3.39. The Balaban J connectivity index is 0.00000533. The molecule has 9 aromatic rings. The Kier molecular flexibility index (Phi) is 11.2. The zero-order valence-corrected chi connectivity index (χ0v) is 40.4. The molecular weight excluding hydrogens is 982 g/mol. The molecule has 4 heterocycles. The van der Waals surface area contributed by atoms with Crippen molar-refractivity contribution in [1.82, 2.24) is 24.5 Å². The van der Waals surface area contributed by atoms with Crippen molar-refractivity contribution in [3.8, 4) is 51.5 Å². The Morgan fingerprint density at radius 1 is 0.600 bits per heavy atom. The van der Waals surface area contributed by atoms with Crippen LogP contribution in [-0.4, -0.2) is 31.6 Å². The second-order valence-electron chi connectivity index (χ2n) is 18.9. The number of aromatic nitrogens is 5. The minimum absolute atomic E-state index is 0. The molecule has 0 N–H and O–H groups in total. The number of fused-ring (bicyclic) bond motifs is 4. The Hall–Kier alpha value is -6.63. The molecule has 328 valence electrons. The van der Waals surface area contributed by atoms with Crippen LogP contribution in [0.2, 0.25) is 0 Å². The van der Waals surface area contributed by atoms with Crippen molar-refractivity contribution in [3.05, 3.63) is 175 Å². The predicted octanol–water partition coefficient (Wildman–Crippen LogP) is 13.7. The molecule has 0 atom stereocenters. The Labute approximate surface area is 396 Å². The van der Waals surface area contributed by atoms with E-state index in [1.54, 1.807) is 0 Å². The van der Waals surface area contributed by atoms with Gasteiger partial charge in [0.05, 0.1) is 0 Å². The van der Waals surface area contributed by atoms with Gasteiger partial charge in [0, 0.05) is 66.8 Å². The zero-order valence-electron chi connectivity index (χ0n) is 38.1. The van der Waals surface area contributed by atoms with Gasteiger partial charge in [-0.1, -0.05) is 137 Å². The first kappa shape index (κ1) is 43.6. The van der Waals surface area contributed by atoms with Crippen molar-refractivity contribution in [3.63, 3.8) is 0 Å². The van der Waals surface area contributed by atoms with Crippen LogP contribution in [0.5, 0.6) is 11.5 Å². The molecule has 0 saturated heterocycles. The summed E-state index contributed by atoms with van der Waals surface area (Å²) in [6.45, 7) is 19.6. The van der Waals surface area contributed by atoms with Crippen LogP contribution in [0.1, 0.15) is 63.8 Å². The molecule has 0 bridgehead atoms. The van der Waals surface area contributed by atoms with Crippen LogP contribution in [0.25, 0.3) is 61.8 Å². The molecule has 0 unspecified atom stereocenters. The summed E-state index contributed by atoms with van der Waals surface area (Å²) in [7, 11) is 2.07. The minimum Gasteiger partial charge on any atom is -0.508 e. The third kappa shape index (κ3) is 8.32. The molecule has 10 rings (SSSR count). The first-order valence-electron chi connectivity index (χ1n) is 21.8. The van der Waals surface area contributed by atoms with E-state index in [0.29, 0.717) is 34.5 Å². The fourth-order valence-electron chi connectivity index (χ4n) is 8.28. The van der Waals surface area contributed by atoms with Gasteiger partial charge in [0.2, 0.25) is 0 Å². The van der Waals surface area contributed by atoms with Crippen LogP contribution in [0.4, 0.5) is 17.1 Å². The second kappa shape index (κ2) is 16.7. The Bertz CT molecular complexity index is 3170. The smallest absolute Gasteiger partial charge is 0.162 e. The summed E-state index contributed by atoms with van der Waals surface area (Å²) in [5.41, 5.74) is 11.6. The van der Waals surface area contributed by atoms with E-state index in [-0.39, 0.29) is 31.9 Å². The van der Waals surface area contributed by atoms with E-state index in [4.69, 9.17) is 24.7 Å². The number of hydrogen-bond acceptors (Lipinski definition) is 7. The summed E-state index contributed by atoms with van der Waals surface area (Å²) in [4.78, 5) is 24.8. The molecule has 6 aromatic carbocycles. The van der Waals surface area contributed by atoms with Gasteiger partial charge in [-0.15, -0.1) is 47.0 Å². The first-order chi connectivity index (χ1) is 30.7. The van der Waals surface area contributed by atoms with Gasteiger partial charge in [-0.25, -0.2) is 19.9 Å². The zero-order chi connectivity index (χ0) is 44.5. The van der Waals surface area contributed by atoms with Crippen molar-refractivity contribution in [2.75, 3.05) is 16.8 Å². The van der Waals surface area contributed by atoms with Gasteiger partial charge >= 0.3 is 0 Å². The molecule has 0 fully saturated rings. The molecule has 8 nitrogen and oxygen atoms in total. The SMILES string of the molecule is Cc1ccc(-c2nc(-c3ccc(C)cc3)nc(-c3cc4c5ccccc5n(-c5cc(C(C)(C)C)ccn5)c4[c-]c3Oc3[c-]c(N4[CH-]N(C)c5ccccc54)cc(C(C)(C)C)c3)n2)cc1.[Pt]. The van der Waals surface area contributed by atoms with Crippen molar-refractivity contribution < 1.29 is 25.8 Å². The van der Waals surface area contributed by atoms with Gasteiger partial charge in [0.1, 0.15) is 11.6 Å². The maximum atomic E-state index is 7.21. The summed E-state index contributed by atoms with van der Waals surface area (Å²) in [6.07, 6.45) is 1.89. The van der Waals surface area contributed by atoms with Crippen LogP contribution in [0.3, 0.4) is 0 Å². The maximum absolute atomic E-state index is 7.21. The number of para-hydroxylation sites is 3. The van der Waals surface area contributed by atoms with E-state index in [9.17, 15) is 0 Å². The van der Waals surface area contributed by atoms with Gasteiger partial charge < -0.3 is 19.1 Å². The van der Waals surface area contributed by atoms with Crippen LogP contribution >= 0.6 is 0 Å². The van der Waals surface area contributed by atoms with E-state index in [0.717, 1.165) is 72.5 Å². The molecule has 3 aromatic heterocycles. The van der Waals surface area contributed by atoms with Crippen LogP contribution in [0, 0.1) is 32.6 Å². The number of aryl methyl sites for hydroxylation is 2. The molecule has 1 aliphatic heterocycles. The van der Waals surface area contributed by atoms with Crippen molar-refractivity contribution in [2.45, 2.75) is 66.2 Å². The van der Waals surface area contributed by atoms with Crippen LogP contribution in [-0.2, 0) is 31.9 Å². The number of ether oxygens (including phenoxy) is 1. The average molecular weight is 1030 g/mol. The summed E-state index contributed by atoms with van der Waals surface area (Å²) in [5, 5.41) is 2.02. The van der Waals surface area contributed by atoms with Crippen LogP contribution < -0.4 is 14.5 Å². The van der Waals surface area contributed by atoms with Gasteiger partial charge in [-0.2, -0.15) is 6.67 Å². The third-order valence-electron chi connectivity index (χ3n) is 12.0. The third-order valence-corrected chi connectivity index (χ3v) is 12.0. The monoisotopic (exact) mass is 1030 g/mol. The summed E-state index contributed by atoms with van der Waals surface area (Å²) >= 11 is 0. The number of pyridine rings is 1. The molecule has 1 aliphatic rings. The van der Waals surface area contributed by atoms with E-state index in [1.807, 2.05) is 6.20 Å². The number of rotatable bonds is 7. The average Bonchev–Trinajstić information content (AvgIpc) is 3.79. The number of anilines is 3. The molecule has 0 radical (unpaired) electrons. The van der Waals surface area contributed by atoms with Gasteiger partial charge in [0.25, 0.3) is 0 Å². The second-order valence-corrected chi connectivity index (χ2v) is 18.9. The molecule has 0 saturated carbocycles. The number of benzene rings is 6. The van der Waals surface area contributed by atoms with Gasteiger partial charge in [-0.05, 0) is 78.6 Å². The van der Waals surface area contributed by atoms with E-state index in [1.165, 1.54) is 5.56 Å². The normalized spacial score (nSPS) is 12.8. The summed E-state index contributed by atoms with van der Waals surface area (Å²) < 4.78 is 9.40. The molecule has 9 heteroatoms. The summed E-state index contributed by atoms with van der Waals surface area (Å²) in [6, 6.07) is 51.6. The number of nitrogens with zero attached hydrogens (tertiary/aromatic N) is 7. The molecule has 65 heavy (non-hydrogen) atoms.